The largest absolute Gasteiger partial charge is 0.434 e. The molecule has 2 N–H and O–H groups in total. The highest BCUT2D eigenvalue weighted by Crippen LogP contribution is 2.31. The van der Waals surface area contributed by atoms with Crippen LogP contribution in [0.25, 0.3) is 10.9 Å². The van der Waals surface area contributed by atoms with Crippen molar-refractivity contribution in [2.75, 3.05) is 13.1 Å². The molecule has 4 aromatic rings. The molecule has 0 aliphatic carbocycles. The lowest BCUT2D eigenvalue weighted by atomic mass is 9.97. The van der Waals surface area contributed by atoms with Crippen LogP contribution in [-0.2, 0) is 17.8 Å². The van der Waals surface area contributed by atoms with Gasteiger partial charge >= 0.3 is 6.61 Å². The zero-order chi connectivity index (χ0) is 25.8. The van der Waals surface area contributed by atoms with Crippen molar-refractivity contribution in [2.45, 2.75) is 38.3 Å². The van der Waals surface area contributed by atoms with E-state index in [1.165, 1.54) is 17.4 Å². The molecule has 0 bridgehead atoms. The number of benzene rings is 2. The average Bonchev–Trinajstić information content (AvgIpc) is 3.56. The topological polar surface area (TPSA) is 87.3 Å². The monoisotopic (exact) mass is 524 g/mol. The Balaban J connectivity index is 1.13. The molecule has 2 aromatic carbocycles. The molecule has 10 heteroatoms. The Morgan fingerprint density at radius 1 is 1.11 bits per heavy atom. The van der Waals surface area contributed by atoms with E-state index in [1.807, 2.05) is 35.4 Å². The maximum atomic E-state index is 12.9. The van der Waals surface area contributed by atoms with Crippen molar-refractivity contribution >= 4 is 34.1 Å². The van der Waals surface area contributed by atoms with E-state index in [2.05, 4.69) is 20.0 Å². The van der Waals surface area contributed by atoms with E-state index in [4.69, 9.17) is 0 Å². The number of hydrogen-bond donors (Lipinski definition) is 2. The number of ether oxygens (including phenoxy) is 1. The van der Waals surface area contributed by atoms with Gasteiger partial charge < -0.3 is 19.9 Å². The van der Waals surface area contributed by atoms with Crippen LogP contribution in [0.2, 0.25) is 0 Å². The first-order chi connectivity index (χ1) is 18.0. The fourth-order valence-electron chi connectivity index (χ4n) is 4.63. The molecule has 7 nitrogen and oxygen atoms in total. The standard InChI is InChI=1S/C27H26F2N4O3S/c28-27(29)36-23-8-4-1-5-18(23)14-31-25(35)22-16-37-26(32-22)17-9-11-33(12-10-17)24(34)13-19-15-30-21-7-3-2-6-20(19)21/h1-8,15-17,27,30H,9-14H2,(H,31,35). The van der Waals surface area contributed by atoms with E-state index in [1.54, 1.807) is 23.6 Å². The number of carbonyl (C=O) groups is 2. The van der Waals surface area contributed by atoms with Gasteiger partial charge in [0, 0.05) is 53.6 Å². The fourth-order valence-corrected chi connectivity index (χ4v) is 5.61. The van der Waals surface area contributed by atoms with Gasteiger partial charge in [-0.1, -0.05) is 36.4 Å². The molecule has 0 radical (unpaired) electrons. The molecule has 0 atom stereocenters. The number of likely N-dealkylation sites (tertiary alicyclic amines) is 1. The molecule has 2 amide bonds. The van der Waals surface area contributed by atoms with Gasteiger partial charge in [-0.15, -0.1) is 11.3 Å². The molecule has 2 aromatic heterocycles. The zero-order valence-corrected chi connectivity index (χ0v) is 20.8. The van der Waals surface area contributed by atoms with Gasteiger partial charge in [0.25, 0.3) is 5.91 Å². The number of halogens is 2. The highest BCUT2D eigenvalue weighted by Gasteiger charge is 2.27. The molecule has 192 valence electrons. The third kappa shape index (κ3) is 5.80. The number of H-pyrrole nitrogens is 1. The van der Waals surface area contributed by atoms with Crippen molar-refractivity contribution in [3.05, 3.63) is 81.9 Å². The van der Waals surface area contributed by atoms with Crippen LogP contribution >= 0.6 is 11.3 Å². The van der Waals surface area contributed by atoms with E-state index < -0.39 is 6.61 Å². The van der Waals surface area contributed by atoms with Gasteiger partial charge in [0.05, 0.1) is 11.4 Å². The number of fused-ring (bicyclic) bond motifs is 1. The summed E-state index contributed by atoms with van der Waals surface area (Å²) in [6, 6.07) is 14.3. The molecular weight excluding hydrogens is 498 g/mol. The highest BCUT2D eigenvalue weighted by molar-refractivity contribution is 7.09. The van der Waals surface area contributed by atoms with Crippen molar-refractivity contribution < 1.29 is 23.1 Å². The number of rotatable bonds is 8. The van der Waals surface area contributed by atoms with Crippen LogP contribution in [-0.4, -0.2) is 46.4 Å². The molecule has 0 unspecified atom stereocenters. The van der Waals surface area contributed by atoms with E-state index >= 15 is 0 Å². The van der Waals surface area contributed by atoms with Gasteiger partial charge in [0.1, 0.15) is 11.4 Å². The van der Waals surface area contributed by atoms with Crippen LogP contribution in [0, 0.1) is 0 Å². The predicted molar refractivity (Wildman–Crippen MR) is 137 cm³/mol. The Hall–Kier alpha value is -3.79. The Labute approximate surface area is 216 Å². The van der Waals surface area contributed by atoms with Gasteiger partial charge in [-0.05, 0) is 30.5 Å². The minimum Gasteiger partial charge on any atom is -0.434 e. The van der Waals surface area contributed by atoms with Crippen LogP contribution in [0.4, 0.5) is 8.78 Å². The van der Waals surface area contributed by atoms with Gasteiger partial charge in [-0.25, -0.2) is 4.98 Å². The zero-order valence-electron chi connectivity index (χ0n) is 20.0. The lowest BCUT2D eigenvalue weighted by Crippen LogP contribution is -2.38. The molecule has 1 aliphatic rings. The second kappa shape index (κ2) is 11.1. The number of carbonyl (C=O) groups excluding carboxylic acids is 2. The number of nitrogens with zero attached hydrogens (tertiary/aromatic N) is 2. The Morgan fingerprint density at radius 3 is 2.68 bits per heavy atom. The number of amides is 2. The number of nitrogens with one attached hydrogen (secondary N) is 2. The number of piperidine rings is 1. The van der Waals surface area contributed by atoms with Crippen LogP contribution in [0.1, 0.15) is 45.4 Å². The summed E-state index contributed by atoms with van der Waals surface area (Å²) in [5, 5.41) is 6.38. The summed E-state index contributed by atoms with van der Waals surface area (Å²) in [6.45, 7) is -1.60. The predicted octanol–water partition coefficient (Wildman–Crippen LogP) is 5.10. The number of aromatic amines is 1. The summed E-state index contributed by atoms with van der Waals surface area (Å²) in [4.78, 5) is 35.2. The lowest BCUT2D eigenvalue weighted by Gasteiger charge is -2.31. The van der Waals surface area contributed by atoms with Crippen molar-refractivity contribution in [2.24, 2.45) is 0 Å². The van der Waals surface area contributed by atoms with E-state index in [0.717, 1.165) is 34.3 Å². The smallest absolute Gasteiger partial charge is 0.387 e. The molecule has 1 fully saturated rings. The second-order valence-electron chi connectivity index (χ2n) is 8.93. The second-order valence-corrected chi connectivity index (χ2v) is 9.82. The third-order valence-electron chi connectivity index (χ3n) is 6.60. The third-order valence-corrected chi connectivity index (χ3v) is 7.60. The Morgan fingerprint density at radius 2 is 1.86 bits per heavy atom. The summed E-state index contributed by atoms with van der Waals surface area (Å²) < 4.78 is 29.7. The van der Waals surface area contributed by atoms with E-state index in [-0.39, 0.29) is 30.0 Å². The molecule has 1 aliphatic heterocycles. The summed E-state index contributed by atoms with van der Waals surface area (Å²) in [5.74, 6) is -0.0502. The maximum absolute atomic E-state index is 12.9. The molecule has 0 spiro atoms. The van der Waals surface area contributed by atoms with Crippen molar-refractivity contribution in [1.82, 2.24) is 20.2 Å². The maximum Gasteiger partial charge on any atom is 0.387 e. The quantitative estimate of drug-likeness (QED) is 0.336. The normalized spacial score (nSPS) is 14.3. The summed E-state index contributed by atoms with van der Waals surface area (Å²) >= 11 is 1.43. The van der Waals surface area contributed by atoms with E-state index in [9.17, 15) is 18.4 Å². The number of thiazole rings is 1. The molecule has 5 rings (SSSR count). The lowest BCUT2D eigenvalue weighted by molar-refractivity contribution is -0.131. The van der Waals surface area contributed by atoms with Crippen molar-refractivity contribution in [3.8, 4) is 5.75 Å². The van der Waals surface area contributed by atoms with Crippen LogP contribution in [0.3, 0.4) is 0 Å². The number of aromatic nitrogens is 2. The van der Waals surface area contributed by atoms with Gasteiger partial charge in [-0.3, -0.25) is 9.59 Å². The summed E-state index contributed by atoms with van der Waals surface area (Å²) in [6.07, 6.45) is 3.84. The first kappa shape index (κ1) is 24.9. The first-order valence-corrected chi connectivity index (χ1v) is 12.9. The summed E-state index contributed by atoms with van der Waals surface area (Å²) in [5.41, 5.74) is 2.78. The summed E-state index contributed by atoms with van der Waals surface area (Å²) in [7, 11) is 0. The molecule has 37 heavy (non-hydrogen) atoms. The van der Waals surface area contributed by atoms with E-state index in [0.29, 0.717) is 30.8 Å². The SMILES string of the molecule is O=C(NCc1ccccc1OC(F)F)c1csc(C2CCN(C(=O)Cc3c[nH]c4ccccc34)CC2)n1. The fraction of sp³-hybridized carbons (Fsp3) is 0.296. The highest BCUT2D eigenvalue weighted by atomic mass is 32.1. The first-order valence-electron chi connectivity index (χ1n) is 12.1. The van der Waals surface area contributed by atoms with Crippen LogP contribution < -0.4 is 10.1 Å². The van der Waals surface area contributed by atoms with Gasteiger partial charge in [-0.2, -0.15) is 8.78 Å². The van der Waals surface area contributed by atoms with Crippen molar-refractivity contribution in [3.63, 3.8) is 0 Å². The average molecular weight is 525 g/mol. The van der Waals surface area contributed by atoms with Gasteiger partial charge in [0.15, 0.2) is 0 Å². The molecule has 1 saturated heterocycles. The number of para-hydroxylation sites is 2. The Kier molecular flexibility index (Phi) is 7.45. The minimum absolute atomic E-state index is 0.0303. The number of alkyl halides is 2. The molecular formula is C27H26F2N4O3S. The van der Waals surface area contributed by atoms with Gasteiger partial charge in [0.2, 0.25) is 5.91 Å². The van der Waals surface area contributed by atoms with Crippen molar-refractivity contribution in [1.29, 1.82) is 0 Å². The van der Waals surface area contributed by atoms with Crippen LogP contribution in [0.15, 0.2) is 60.1 Å². The Bertz CT molecular complexity index is 1400. The molecule has 0 saturated carbocycles. The number of hydrogen-bond acceptors (Lipinski definition) is 5. The van der Waals surface area contributed by atoms with Crippen LogP contribution in [0.5, 0.6) is 5.75 Å². The minimum atomic E-state index is -2.94. The molecule has 3 heterocycles.